The summed E-state index contributed by atoms with van der Waals surface area (Å²) >= 11 is 2.03. The Morgan fingerprint density at radius 1 is 1.32 bits per heavy atom. The van der Waals surface area contributed by atoms with Gasteiger partial charge in [-0.15, -0.1) is 0 Å². The zero-order valence-electron chi connectivity index (χ0n) is 10.7. The predicted molar refractivity (Wildman–Crippen MR) is 77.2 cm³/mol. The molecule has 0 aliphatic carbocycles. The maximum Gasteiger partial charge on any atom is 0.344 e. The Labute approximate surface area is 125 Å². The smallest absolute Gasteiger partial charge is 0.344 e. The summed E-state index contributed by atoms with van der Waals surface area (Å²) in [5.74, 6) is 0.467. The van der Waals surface area contributed by atoms with E-state index in [-0.39, 0.29) is 6.61 Å². The van der Waals surface area contributed by atoms with Crippen LogP contribution in [0.3, 0.4) is 0 Å². The summed E-state index contributed by atoms with van der Waals surface area (Å²) in [4.78, 5) is 11.3. The van der Waals surface area contributed by atoms with Gasteiger partial charge in [-0.05, 0) is 42.5 Å². The molecule has 1 aromatic rings. The molecular weight excluding hydrogens is 361 g/mol. The van der Waals surface area contributed by atoms with Gasteiger partial charge in [-0.1, -0.05) is 0 Å². The lowest BCUT2D eigenvalue weighted by Crippen LogP contribution is -2.15. The van der Waals surface area contributed by atoms with E-state index < -0.39 is 5.97 Å². The van der Waals surface area contributed by atoms with Crippen molar-refractivity contribution < 1.29 is 19.0 Å². The first-order chi connectivity index (χ1) is 9.12. The Hall–Kier alpha value is -1.49. The van der Waals surface area contributed by atoms with Crippen molar-refractivity contribution >= 4 is 28.6 Å². The number of nitriles is 1. The number of hydrogen-bond acceptors (Lipinski definition) is 5. The fourth-order valence-corrected chi connectivity index (χ4v) is 2.13. The highest BCUT2D eigenvalue weighted by Crippen LogP contribution is 2.34. The number of ether oxygens (including phenoxy) is 3. The van der Waals surface area contributed by atoms with Crippen molar-refractivity contribution in [3.8, 4) is 17.6 Å². The molecule has 0 aliphatic heterocycles. The molecule has 0 bridgehead atoms. The average Bonchev–Trinajstić information content (AvgIpc) is 2.38. The number of carbonyl (C=O) groups is 1. The second-order valence-corrected chi connectivity index (χ2v) is 4.59. The molecule has 1 rings (SSSR count). The van der Waals surface area contributed by atoms with Crippen LogP contribution in [0.25, 0.3) is 0 Å². The molecule has 19 heavy (non-hydrogen) atoms. The van der Waals surface area contributed by atoms with E-state index in [1.807, 2.05) is 35.6 Å². The molecular formula is C13H14INO4. The molecule has 102 valence electrons. The maximum absolute atomic E-state index is 11.3. The number of halogens is 1. The summed E-state index contributed by atoms with van der Waals surface area (Å²) < 4.78 is 16.3. The van der Waals surface area contributed by atoms with Crippen LogP contribution in [0.5, 0.6) is 11.5 Å². The number of carbonyl (C=O) groups excluding carboxylic acids is 1. The quantitative estimate of drug-likeness (QED) is 0.565. The molecule has 0 aliphatic rings. The van der Waals surface area contributed by atoms with Crippen molar-refractivity contribution in [2.24, 2.45) is 0 Å². The summed E-state index contributed by atoms with van der Waals surface area (Å²) in [6.07, 6.45) is 0. The van der Waals surface area contributed by atoms with Crippen molar-refractivity contribution in [1.29, 1.82) is 5.26 Å². The van der Waals surface area contributed by atoms with Gasteiger partial charge in [0.05, 0.1) is 28.4 Å². The molecule has 0 heterocycles. The molecule has 0 amide bonds. The summed E-state index contributed by atoms with van der Waals surface area (Å²) in [7, 11) is 0. The minimum Gasteiger partial charge on any atom is -0.490 e. The average molecular weight is 375 g/mol. The van der Waals surface area contributed by atoms with Crippen molar-refractivity contribution in [2.75, 3.05) is 19.8 Å². The molecule has 1 aromatic carbocycles. The fourth-order valence-electron chi connectivity index (χ4n) is 1.37. The number of rotatable bonds is 6. The molecule has 6 heteroatoms. The highest BCUT2D eigenvalue weighted by molar-refractivity contribution is 14.1. The number of esters is 1. The normalized spacial score (nSPS) is 9.58. The molecule has 0 saturated carbocycles. The van der Waals surface area contributed by atoms with E-state index in [4.69, 9.17) is 19.5 Å². The summed E-state index contributed by atoms with van der Waals surface area (Å²) in [6, 6.07) is 5.31. The summed E-state index contributed by atoms with van der Waals surface area (Å²) in [5.41, 5.74) is 0.483. The maximum atomic E-state index is 11.3. The molecule has 0 spiro atoms. The predicted octanol–water partition coefficient (Wildman–Crippen LogP) is 2.50. The third-order valence-electron chi connectivity index (χ3n) is 2.08. The van der Waals surface area contributed by atoms with Crippen molar-refractivity contribution in [2.45, 2.75) is 13.8 Å². The van der Waals surface area contributed by atoms with Crippen LogP contribution < -0.4 is 9.47 Å². The molecule has 0 fully saturated rings. The van der Waals surface area contributed by atoms with Crippen LogP contribution in [-0.4, -0.2) is 25.8 Å². The van der Waals surface area contributed by atoms with Crippen LogP contribution >= 0.6 is 22.6 Å². The molecule has 0 saturated heterocycles. The third-order valence-corrected chi connectivity index (χ3v) is 2.88. The number of nitrogens with zero attached hydrogens (tertiary/aromatic N) is 1. The minimum atomic E-state index is -0.440. The molecule has 0 aromatic heterocycles. The first-order valence-corrected chi connectivity index (χ1v) is 6.85. The van der Waals surface area contributed by atoms with E-state index in [0.29, 0.717) is 33.8 Å². The molecule has 0 radical (unpaired) electrons. The van der Waals surface area contributed by atoms with Gasteiger partial charge in [0.25, 0.3) is 0 Å². The van der Waals surface area contributed by atoms with Gasteiger partial charge in [0.2, 0.25) is 0 Å². The summed E-state index contributed by atoms with van der Waals surface area (Å²) in [6.45, 7) is 4.14. The lowest BCUT2D eigenvalue weighted by molar-refractivity contribution is -0.145. The van der Waals surface area contributed by atoms with Crippen LogP contribution in [0.15, 0.2) is 12.1 Å². The van der Waals surface area contributed by atoms with Gasteiger partial charge in [-0.2, -0.15) is 5.26 Å². The van der Waals surface area contributed by atoms with Gasteiger partial charge in [0.1, 0.15) is 0 Å². The molecule has 0 atom stereocenters. The van der Waals surface area contributed by atoms with Gasteiger partial charge in [-0.3, -0.25) is 0 Å². The first-order valence-electron chi connectivity index (χ1n) is 5.77. The topological polar surface area (TPSA) is 68.5 Å². The number of hydrogen-bond donors (Lipinski definition) is 0. The second kappa shape index (κ2) is 7.84. The van der Waals surface area contributed by atoms with E-state index in [9.17, 15) is 4.79 Å². The molecule has 5 nitrogen and oxygen atoms in total. The van der Waals surface area contributed by atoms with Crippen LogP contribution in [0.4, 0.5) is 0 Å². The fraction of sp³-hybridized carbons (Fsp3) is 0.385. The van der Waals surface area contributed by atoms with E-state index in [0.717, 1.165) is 0 Å². The van der Waals surface area contributed by atoms with Crippen LogP contribution in [0, 0.1) is 14.9 Å². The number of benzene rings is 1. The van der Waals surface area contributed by atoms with Gasteiger partial charge in [0, 0.05) is 6.07 Å². The zero-order chi connectivity index (χ0) is 14.3. The lowest BCUT2D eigenvalue weighted by atomic mass is 10.2. The Morgan fingerprint density at radius 3 is 2.63 bits per heavy atom. The first kappa shape index (κ1) is 15.6. The standard InChI is InChI=1S/C13H14INO4/c1-3-17-11-6-9(7-15)5-10(14)13(11)19-8-12(16)18-4-2/h5-6H,3-4,8H2,1-2H3. The largest absolute Gasteiger partial charge is 0.490 e. The van der Waals surface area contributed by atoms with Gasteiger partial charge < -0.3 is 14.2 Å². The van der Waals surface area contributed by atoms with Crippen molar-refractivity contribution in [3.63, 3.8) is 0 Å². The molecule has 0 unspecified atom stereocenters. The van der Waals surface area contributed by atoms with Crippen molar-refractivity contribution in [1.82, 2.24) is 0 Å². The van der Waals surface area contributed by atoms with E-state index in [2.05, 4.69) is 0 Å². The Bertz CT molecular complexity index is 496. The highest BCUT2D eigenvalue weighted by atomic mass is 127. The monoisotopic (exact) mass is 375 g/mol. The van der Waals surface area contributed by atoms with Gasteiger partial charge in [-0.25, -0.2) is 4.79 Å². The van der Waals surface area contributed by atoms with E-state index >= 15 is 0 Å². The highest BCUT2D eigenvalue weighted by Gasteiger charge is 2.14. The van der Waals surface area contributed by atoms with Gasteiger partial charge >= 0.3 is 5.97 Å². The SMILES string of the molecule is CCOC(=O)COc1c(I)cc(C#N)cc1OCC. The van der Waals surface area contributed by atoms with Crippen LogP contribution in [0.2, 0.25) is 0 Å². The summed E-state index contributed by atoms with van der Waals surface area (Å²) in [5, 5.41) is 8.91. The Kier molecular flexibility index (Phi) is 6.42. The van der Waals surface area contributed by atoms with Crippen molar-refractivity contribution in [3.05, 3.63) is 21.3 Å². The van der Waals surface area contributed by atoms with E-state index in [1.165, 1.54) is 0 Å². The molecule has 0 N–H and O–H groups in total. The Balaban J connectivity index is 2.92. The van der Waals surface area contributed by atoms with E-state index in [1.54, 1.807) is 19.1 Å². The van der Waals surface area contributed by atoms with Gasteiger partial charge in [0.15, 0.2) is 18.1 Å². The van der Waals surface area contributed by atoms with Crippen LogP contribution in [-0.2, 0) is 9.53 Å². The Morgan fingerprint density at radius 2 is 2.05 bits per heavy atom. The van der Waals surface area contributed by atoms with Crippen LogP contribution in [0.1, 0.15) is 19.4 Å². The lowest BCUT2D eigenvalue weighted by Gasteiger charge is -2.13. The second-order valence-electron chi connectivity index (χ2n) is 3.42. The zero-order valence-corrected chi connectivity index (χ0v) is 12.9. The third kappa shape index (κ3) is 4.59. The minimum absolute atomic E-state index is 0.185.